The van der Waals surface area contributed by atoms with Crippen molar-refractivity contribution in [3.05, 3.63) is 38.6 Å². The lowest BCUT2D eigenvalue weighted by molar-refractivity contribution is 0.0743. The standard InChI is InChI=1S/C14H17N5O3/c20-13-8-1-4-19(5-2-10(8)16-18-13)14(21)12-9-7-22-6-3-11(9)15-17-12/h1-7H2,(H,15,17)(H2,16,18,20). The molecule has 0 bridgehead atoms. The van der Waals surface area contributed by atoms with Gasteiger partial charge in [-0.1, -0.05) is 0 Å². The Morgan fingerprint density at radius 1 is 1.09 bits per heavy atom. The Morgan fingerprint density at radius 2 is 1.95 bits per heavy atom. The minimum Gasteiger partial charge on any atom is -0.376 e. The minimum atomic E-state index is -0.0930. The first-order valence-electron chi connectivity index (χ1n) is 7.45. The molecular formula is C14H17N5O3. The van der Waals surface area contributed by atoms with Gasteiger partial charge < -0.3 is 14.7 Å². The van der Waals surface area contributed by atoms with Crippen molar-refractivity contribution >= 4 is 5.91 Å². The molecule has 0 spiro atoms. The maximum Gasteiger partial charge on any atom is 0.274 e. The molecule has 0 radical (unpaired) electrons. The summed E-state index contributed by atoms with van der Waals surface area (Å²) in [7, 11) is 0. The summed E-state index contributed by atoms with van der Waals surface area (Å²) in [5.74, 6) is -0.0930. The molecule has 0 aliphatic carbocycles. The molecule has 2 aromatic rings. The summed E-state index contributed by atoms with van der Waals surface area (Å²) < 4.78 is 5.43. The van der Waals surface area contributed by atoms with Crippen LogP contribution in [0.3, 0.4) is 0 Å². The van der Waals surface area contributed by atoms with E-state index in [9.17, 15) is 9.59 Å². The van der Waals surface area contributed by atoms with Gasteiger partial charge in [0, 0.05) is 48.4 Å². The fourth-order valence-corrected chi connectivity index (χ4v) is 3.15. The summed E-state index contributed by atoms with van der Waals surface area (Å²) in [5, 5.41) is 12.6. The lowest BCUT2D eigenvalue weighted by atomic mass is 10.1. The first-order chi connectivity index (χ1) is 10.7. The van der Waals surface area contributed by atoms with Crippen LogP contribution in [0, 0.1) is 0 Å². The third kappa shape index (κ3) is 2.07. The van der Waals surface area contributed by atoms with Gasteiger partial charge in [0.05, 0.1) is 13.2 Å². The van der Waals surface area contributed by atoms with Crippen LogP contribution in [0.4, 0.5) is 0 Å². The SMILES string of the molecule is O=C(c1n[nH]c2c1COCC2)N1CCc2[nH][nH]c(=O)c2CC1. The van der Waals surface area contributed by atoms with E-state index in [4.69, 9.17) is 4.74 Å². The van der Waals surface area contributed by atoms with Crippen LogP contribution in [0.25, 0.3) is 0 Å². The molecule has 0 atom stereocenters. The van der Waals surface area contributed by atoms with E-state index in [1.807, 2.05) is 0 Å². The Kier molecular flexibility index (Phi) is 3.11. The van der Waals surface area contributed by atoms with E-state index < -0.39 is 0 Å². The second-order valence-electron chi connectivity index (χ2n) is 5.66. The second kappa shape index (κ2) is 5.13. The molecule has 0 aromatic carbocycles. The zero-order valence-corrected chi connectivity index (χ0v) is 12.1. The first-order valence-corrected chi connectivity index (χ1v) is 7.45. The highest BCUT2D eigenvalue weighted by molar-refractivity contribution is 5.94. The Balaban J connectivity index is 1.57. The van der Waals surface area contributed by atoms with Crippen molar-refractivity contribution in [1.29, 1.82) is 0 Å². The van der Waals surface area contributed by atoms with Crippen molar-refractivity contribution in [2.24, 2.45) is 0 Å². The van der Waals surface area contributed by atoms with Crippen molar-refractivity contribution in [3.8, 4) is 0 Å². The molecule has 0 fully saturated rings. The number of hydrogen-bond acceptors (Lipinski definition) is 4. The number of aromatic amines is 3. The summed E-state index contributed by atoms with van der Waals surface area (Å²) in [6, 6.07) is 0. The van der Waals surface area contributed by atoms with Gasteiger partial charge in [-0.15, -0.1) is 0 Å². The fourth-order valence-electron chi connectivity index (χ4n) is 3.15. The Hall–Kier alpha value is -2.35. The normalized spacial score (nSPS) is 17.7. The molecule has 0 saturated carbocycles. The van der Waals surface area contributed by atoms with E-state index in [0.717, 1.165) is 28.9 Å². The number of hydrogen-bond donors (Lipinski definition) is 3. The molecule has 2 aliphatic heterocycles. The average molecular weight is 303 g/mol. The lowest BCUT2D eigenvalue weighted by Crippen LogP contribution is -2.34. The van der Waals surface area contributed by atoms with Crippen LogP contribution in [-0.4, -0.2) is 50.9 Å². The summed E-state index contributed by atoms with van der Waals surface area (Å²) in [6.45, 7) is 2.18. The Bertz CT molecular complexity index is 772. The number of nitrogens with one attached hydrogen (secondary N) is 3. The third-order valence-electron chi connectivity index (χ3n) is 4.41. The van der Waals surface area contributed by atoms with Gasteiger partial charge in [-0.05, 0) is 6.42 Å². The lowest BCUT2D eigenvalue weighted by Gasteiger charge is -2.20. The van der Waals surface area contributed by atoms with Crippen LogP contribution in [0.5, 0.6) is 0 Å². The molecule has 22 heavy (non-hydrogen) atoms. The monoisotopic (exact) mass is 303 g/mol. The maximum absolute atomic E-state index is 12.7. The molecule has 8 nitrogen and oxygen atoms in total. The number of H-pyrrole nitrogens is 3. The second-order valence-corrected chi connectivity index (χ2v) is 5.66. The number of aromatic nitrogens is 4. The van der Waals surface area contributed by atoms with Crippen molar-refractivity contribution in [2.45, 2.75) is 25.9 Å². The Labute approximate surface area is 125 Å². The number of carbonyl (C=O) groups is 1. The van der Waals surface area contributed by atoms with Crippen LogP contribution in [0.1, 0.15) is 33.0 Å². The number of carbonyl (C=O) groups excluding carboxylic acids is 1. The summed E-state index contributed by atoms with van der Waals surface area (Å²) in [5.41, 5.74) is 3.88. The highest BCUT2D eigenvalue weighted by Gasteiger charge is 2.28. The van der Waals surface area contributed by atoms with Gasteiger partial charge in [0.2, 0.25) is 0 Å². The van der Waals surface area contributed by atoms with E-state index in [1.54, 1.807) is 4.90 Å². The van der Waals surface area contributed by atoms with Crippen molar-refractivity contribution < 1.29 is 9.53 Å². The number of ether oxygens (including phenoxy) is 1. The highest BCUT2D eigenvalue weighted by Crippen LogP contribution is 2.20. The van der Waals surface area contributed by atoms with E-state index in [-0.39, 0.29) is 11.5 Å². The van der Waals surface area contributed by atoms with Gasteiger partial charge >= 0.3 is 0 Å². The predicted molar refractivity (Wildman–Crippen MR) is 76.7 cm³/mol. The molecule has 0 unspecified atom stereocenters. The van der Waals surface area contributed by atoms with Crippen LogP contribution < -0.4 is 5.56 Å². The zero-order chi connectivity index (χ0) is 15.1. The van der Waals surface area contributed by atoms with Gasteiger partial charge in [0.25, 0.3) is 11.5 Å². The van der Waals surface area contributed by atoms with Gasteiger partial charge in [0.15, 0.2) is 5.69 Å². The Morgan fingerprint density at radius 3 is 2.86 bits per heavy atom. The smallest absolute Gasteiger partial charge is 0.274 e. The molecule has 3 N–H and O–H groups in total. The topological polar surface area (TPSA) is 107 Å². The molecular weight excluding hydrogens is 286 g/mol. The fraction of sp³-hybridized carbons (Fsp3) is 0.500. The number of nitrogens with zero attached hydrogens (tertiary/aromatic N) is 2. The quantitative estimate of drug-likeness (QED) is 0.674. The maximum atomic E-state index is 12.7. The largest absolute Gasteiger partial charge is 0.376 e. The van der Waals surface area contributed by atoms with E-state index in [2.05, 4.69) is 20.4 Å². The number of fused-ring (bicyclic) bond motifs is 2. The molecule has 0 saturated heterocycles. The van der Waals surface area contributed by atoms with Gasteiger partial charge in [-0.2, -0.15) is 5.10 Å². The highest BCUT2D eigenvalue weighted by atomic mass is 16.5. The molecule has 8 heteroatoms. The van der Waals surface area contributed by atoms with Crippen LogP contribution in [0.2, 0.25) is 0 Å². The third-order valence-corrected chi connectivity index (χ3v) is 4.41. The molecule has 4 rings (SSSR count). The van der Waals surface area contributed by atoms with Gasteiger partial charge in [-0.25, -0.2) is 0 Å². The van der Waals surface area contributed by atoms with Crippen molar-refractivity contribution in [1.82, 2.24) is 25.3 Å². The summed E-state index contributed by atoms with van der Waals surface area (Å²) in [4.78, 5) is 26.2. The van der Waals surface area contributed by atoms with E-state index >= 15 is 0 Å². The van der Waals surface area contributed by atoms with Crippen LogP contribution in [-0.2, 0) is 30.6 Å². The van der Waals surface area contributed by atoms with Crippen LogP contribution in [0.15, 0.2) is 4.79 Å². The number of amides is 1. The van der Waals surface area contributed by atoms with Gasteiger partial charge in [-0.3, -0.25) is 19.8 Å². The van der Waals surface area contributed by atoms with Gasteiger partial charge in [0.1, 0.15) is 0 Å². The molecule has 1 amide bonds. The molecule has 116 valence electrons. The minimum absolute atomic E-state index is 0.0881. The van der Waals surface area contributed by atoms with Crippen molar-refractivity contribution in [3.63, 3.8) is 0 Å². The molecule has 4 heterocycles. The number of rotatable bonds is 1. The first kappa shape index (κ1) is 13.3. The van der Waals surface area contributed by atoms with Crippen LogP contribution >= 0.6 is 0 Å². The molecule has 2 aromatic heterocycles. The van der Waals surface area contributed by atoms with Crippen molar-refractivity contribution in [2.75, 3.05) is 19.7 Å². The average Bonchev–Trinajstić information content (AvgIpc) is 3.04. The molecule has 2 aliphatic rings. The summed E-state index contributed by atoms with van der Waals surface area (Å²) >= 11 is 0. The zero-order valence-electron chi connectivity index (χ0n) is 12.1. The van der Waals surface area contributed by atoms with E-state index in [0.29, 0.717) is 44.8 Å². The predicted octanol–water partition coefficient (Wildman–Crippen LogP) is -0.260. The van der Waals surface area contributed by atoms with E-state index in [1.165, 1.54) is 0 Å². The summed E-state index contributed by atoms with van der Waals surface area (Å²) in [6.07, 6.45) is 1.96.